The van der Waals surface area contributed by atoms with Crippen molar-refractivity contribution in [3.8, 4) is 0 Å². The Labute approximate surface area is 116 Å². The van der Waals surface area contributed by atoms with Crippen molar-refractivity contribution in [2.45, 2.75) is 34.1 Å². The lowest BCUT2D eigenvalue weighted by molar-refractivity contribution is -0.130. The number of piperidine rings is 1. The van der Waals surface area contributed by atoms with Gasteiger partial charge in [0.15, 0.2) is 9.84 Å². The van der Waals surface area contributed by atoms with Crippen LogP contribution in [0.4, 0.5) is 0 Å². The SMILES string of the molecule is CC(C)CS(=O)(=O)CCC(=O)N1CC2C(C1)C2(C)C. The molecule has 0 bridgehead atoms. The monoisotopic (exact) mass is 287 g/mol. The van der Waals surface area contributed by atoms with E-state index in [0.717, 1.165) is 13.1 Å². The molecule has 4 nitrogen and oxygen atoms in total. The molecule has 1 aliphatic carbocycles. The first-order valence-electron chi connectivity index (χ1n) is 7.11. The summed E-state index contributed by atoms with van der Waals surface area (Å²) in [6.07, 6.45) is 0.148. The summed E-state index contributed by atoms with van der Waals surface area (Å²) in [5, 5.41) is 0. The van der Waals surface area contributed by atoms with Gasteiger partial charge in [-0.25, -0.2) is 8.42 Å². The van der Waals surface area contributed by atoms with Crippen LogP contribution in [0.1, 0.15) is 34.1 Å². The second-order valence-electron chi connectivity index (χ2n) is 7.09. The van der Waals surface area contributed by atoms with Crippen molar-refractivity contribution in [2.75, 3.05) is 24.6 Å². The first-order chi connectivity index (χ1) is 8.63. The van der Waals surface area contributed by atoms with Crippen LogP contribution in [-0.2, 0) is 14.6 Å². The van der Waals surface area contributed by atoms with Crippen molar-refractivity contribution in [3.63, 3.8) is 0 Å². The van der Waals surface area contributed by atoms with Crippen molar-refractivity contribution in [2.24, 2.45) is 23.2 Å². The number of amides is 1. The van der Waals surface area contributed by atoms with E-state index >= 15 is 0 Å². The van der Waals surface area contributed by atoms with E-state index in [0.29, 0.717) is 17.3 Å². The van der Waals surface area contributed by atoms with Crippen LogP contribution < -0.4 is 0 Å². The van der Waals surface area contributed by atoms with Crippen LogP contribution in [0.2, 0.25) is 0 Å². The molecule has 0 aromatic carbocycles. The number of carbonyl (C=O) groups is 1. The molecular weight excluding hydrogens is 262 g/mol. The second-order valence-corrected chi connectivity index (χ2v) is 9.32. The quantitative estimate of drug-likeness (QED) is 0.771. The summed E-state index contributed by atoms with van der Waals surface area (Å²) in [5.74, 6) is 1.57. The third-order valence-corrected chi connectivity index (χ3v) is 6.69. The zero-order valence-corrected chi connectivity index (χ0v) is 13.2. The summed E-state index contributed by atoms with van der Waals surface area (Å²) < 4.78 is 23.5. The molecule has 2 rings (SSSR count). The molecule has 0 aromatic heterocycles. The summed E-state index contributed by atoms with van der Waals surface area (Å²) >= 11 is 0. The van der Waals surface area contributed by atoms with Gasteiger partial charge in [-0.15, -0.1) is 0 Å². The van der Waals surface area contributed by atoms with E-state index < -0.39 is 9.84 Å². The fourth-order valence-corrected chi connectivity index (χ4v) is 5.00. The third kappa shape index (κ3) is 3.12. The molecule has 1 amide bonds. The van der Waals surface area contributed by atoms with E-state index in [-0.39, 0.29) is 29.8 Å². The maximum Gasteiger partial charge on any atom is 0.223 e. The van der Waals surface area contributed by atoms with Gasteiger partial charge in [-0.05, 0) is 23.2 Å². The van der Waals surface area contributed by atoms with E-state index in [4.69, 9.17) is 0 Å². The van der Waals surface area contributed by atoms with Crippen molar-refractivity contribution < 1.29 is 13.2 Å². The highest BCUT2D eigenvalue weighted by Gasteiger charge is 2.62. The van der Waals surface area contributed by atoms with Crippen LogP contribution >= 0.6 is 0 Å². The highest BCUT2D eigenvalue weighted by Crippen LogP contribution is 2.61. The number of hydrogen-bond donors (Lipinski definition) is 0. The molecule has 2 atom stereocenters. The Morgan fingerprint density at radius 1 is 1.26 bits per heavy atom. The van der Waals surface area contributed by atoms with E-state index in [2.05, 4.69) is 13.8 Å². The number of carbonyl (C=O) groups excluding carboxylic acids is 1. The Balaban J connectivity index is 1.78. The summed E-state index contributed by atoms with van der Waals surface area (Å²) in [4.78, 5) is 13.9. The Hall–Kier alpha value is -0.580. The molecule has 1 aliphatic heterocycles. The number of hydrogen-bond acceptors (Lipinski definition) is 3. The molecule has 1 saturated heterocycles. The second kappa shape index (κ2) is 4.76. The fraction of sp³-hybridized carbons (Fsp3) is 0.929. The van der Waals surface area contributed by atoms with Gasteiger partial charge in [-0.1, -0.05) is 27.7 Å². The molecule has 1 heterocycles. The van der Waals surface area contributed by atoms with Gasteiger partial charge in [0.1, 0.15) is 0 Å². The van der Waals surface area contributed by atoms with Crippen molar-refractivity contribution in [1.29, 1.82) is 0 Å². The number of likely N-dealkylation sites (tertiary alicyclic amines) is 1. The number of sulfone groups is 1. The van der Waals surface area contributed by atoms with Crippen molar-refractivity contribution in [1.82, 2.24) is 4.90 Å². The van der Waals surface area contributed by atoms with Crippen molar-refractivity contribution in [3.05, 3.63) is 0 Å². The lowest BCUT2D eigenvalue weighted by atomic mass is 10.1. The molecule has 0 N–H and O–H groups in total. The number of nitrogens with zero attached hydrogens (tertiary/aromatic N) is 1. The minimum atomic E-state index is -3.08. The largest absolute Gasteiger partial charge is 0.342 e. The summed E-state index contributed by atoms with van der Waals surface area (Å²) in [6, 6.07) is 0. The minimum absolute atomic E-state index is 0.000754. The van der Waals surface area contributed by atoms with E-state index in [1.807, 2.05) is 18.7 Å². The first kappa shape index (κ1) is 14.8. The van der Waals surface area contributed by atoms with Crippen LogP contribution in [0, 0.1) is 23.2 Å². The normalized spacial score (nSPS) is 28.6. The van der Waals surface area contributed by atoms with Crippen LogP contribution in [0.3, 0.4) is 0 Å². The third-order valence-electron chi connectivity index (χ3n) is 4.69. The van der Waals surface area contributed by atoms with Gasteiger partial charge in [0.25, 0.3) is 0 Å². The lowest BCUT2D eigenvalue weighted by Crippen LogP contribution is -2.34. The zero-order valence-electron chi connectivity index (χ0n) is 12.3. The van der Waals surface area contributed by atoms with Crippen LogP contribution in [0.25, 0.3) is 0 Å². The topological polar surface area (TPSA) is 54.5 Å². The minimum Gasteiger partial charge on any atom is -0.342 e. The van der Waals surface area contributed by atoms with Gasteiger partial charge in [0.2, 0.25) is 5.91 Å². The Kier molecular flexibility index (Phi) is 3.71. The molecule has 0 spiro atoms. The average molecular weight is 287 g/mol. The highest BCUT2D eigenvalue weighted by atomic mass is 32.2. The molecule has 19 heavy (non-hydrogen) atoms. The predicted octanol–water partition coefficient (Wildman–Crippen LogP) is 1.56. The predicted molar refractivity (Wildman–Crippen MR) is 75.4 cm³/mol. The van der Waals surface area contributed by atoms with E-state index in [1.54, 1.807) is 0 Å². The fourth-order valence-electron chi connectivity index (χ4n) is 3.33. The van der Waals surface area contributed by atoms with Crippen LogP contribution in [0.5, 0.6) is 0 Å². The smallest absolute Gasteiger partial charge is 0.223 e. The molecule has 2 unspecified atom stereocenters. The maximum atomic E-state index is 12.0. The molecule has 0 aromatic rings. The van der Waals surface area contributed by atoms with Gasteiger partial charge < -0.3 is 4.90 Å². The van der Waals surface area contributed by atoms with Gasteiger partial charge >= 0.3 is 0 Å². The molecular formula is C14H25NO3S. The van der Waals surface area contributed by atoms with Gasteiger partial charge in [0.05, 0.1) is 11.5 Å². The number of rotatable bonds is 5. The molecule has 1 saturated carbocycles. The summed E-state index contributed by atoms with van der Waals surface area (Å²) in [5.41, 5.74) is 0.389. The number of fused-ring (bicyclic) bond motifs is 1. The zero-order chi connectivity index (χ0) is 14.4. The average Bonchev–Trinajstić information content (AvgIpc) is 2.66. The van der Waals surface area contributed by atoms with Gasteiger partial charge in [0, 0.05) is 19.5 Å². The van der Waals surface area contributed by atoms with E-state index in [1.165, 1.54) is 0 Å². The first-order valence-corrected chi connectivity index (χ1v) is 8.94. The summed E-state index contributed by atoms with van der Waals surface area (Å²) in [6.45, 7) is 9.90. The Morgan fingerprint density at radius 2 is 1.79 bits per heavy atom. The van der Waals surface area contributed by atoms with Crippen LogP contribution in [0.15, 0.2) is 0 Å². The van der Waals surface area contributed by atoms with Gasteiger partial charge in [-0.2, -0.15) is 0 Å². The Morgan fingerprint density at radius 3 is 2.26 bits per heavy atom. The van der Waals surface area contributed by atoms with Crippen LogP contribution in [-0.4, -0.2) is 43.8 Å². The highest BCUT2D eigenvalue weighted by molar-refractivity contribution is 7.91. The molecule has 2 fully saturated rings. The maximum absolute atomic E-state index is 12.0. The van der Waals surface area contributed by atoms with Gasteiger partial charge in [-0.3, -0.25) is 4.79 Å². The van der Waals surface area contributed by atoms with Crippen molar-refractivity contribution >= 4 is 15.7 Å². The summed E-state index contributed by atoms with van der Waals surface area (Å²) in [7, 11) is -3.08. The molecule has 110 valence electrons. The van der Waals surface area contributed by atoms with E-state index in [9.17, 15) is 13.2 Å². The molecule has 5 heteroatoms. The molecule has 2 aliphatic rings. The standard InChI is InChI=1S/C14H25NO3S/c1-10(2)9-19(17,18)6-5-13(16)15-7-11-12(8-15)14(11,3)4/h10-12H,5-9H2,1-4H3. The molecule has 0 radical (unpaired) electrons. The lowest BCUT2D eigenvalue weighted by Gasteiger charge is -2.22. The Bertz CT molecular complexity index is 453.